The molecule has 88 valence electrons. The molecule has 1 rings (SSSR count). The first-order chi connectivity index (χ1) is 6.90. The van der Waals surface area contributed by atoms with Gasteiger partial charge in [-0.3, -0.25) is 4.79 Å². The summed E-state index contributed by atoms with van der Waals surface area (Å²) in [5.41, 5.74) is 5.17. The van der Waals surface area contributed by atoms with Gasteiger partial charge in [0.25, 0.3) is 0 Å². The van der Waals surface area contributed by atoms with E-state index in [1.807, 2.05) is 13.8 Å². The smallest absolute Gasteiger partial charge is 0.226 e. The Morgan fingerprint density at radius 1 is 1.33 bits per heavy atom. The van der Waals surface area contributed by atoms with E-state index in [0.29, 0.717) is 6.54 Å². The fourth-order valence-corrected chi connectivity index (χ4v) is 2.07. The van der Waals surface area contributed by atoms with E-state index >= 15 is 0 Å². The molecule has 0 heterocycles. The van der Waals surface area contributed by atoms with E-state index in [9.17, 15) is 4.79 Å². The Hall–Kier alpha value is -0.570. The lowest BCUT2D eigenvalue weighted by atomic mass is 9.74. The summed E-state index contributed by atoms with van der Waals surface area (Å²) in [5.74, 6) is 0.178. The van der Waals surface area contributed by atoms with E-state index < -0.39 is 0 Å². The van der Waals surface area contributed by atoms with E-state index in [1.165, 1.54) is 19.3 Å². The van der Waals surface area contributed by atoms with Crippen molar-refractivity contribution >= 4 is 5.91 Å². The zero-order valence-electron chi connectivity index (χ0n) is 10.2. The number of nitrogens with two attached hydrogens (primary N) is 1. The third kappa shape index (κ3) is 3.20. The monoisotopic (exact) mass is 212 g/mol. The fourth-order valence-electron chi connectivity index (χ4n) is 2.07. The molecule has 1 aliphatic rings. The highest BCUT2D eigenvalue weighted by atomic mass is 16.2. The molecule has 1 fully saturated rings. The van der Waals surface area contributed by atoms with Gasteiger partial charge in [-0.1, -0.05) is 26.2 Å². The lowest BCUT2D eigenvalue weighted by molar-refractivity contribution is -0.133. The zero-order chi connectivity index (χ0) is 11.5. The van der Waals surface area contributed by atoms with Crippen molar-refractivity contribution in [2.45, 2.75) is 58.4 Å². The molecule has 0 spiro atoms. The summed E-state index contributed by atoms with van der Waals surface area (Å²) in [5, 5.41) is 3.05. The van der Waals surface area contributed by atoms with Crippen molar-refractivity contribution in [3.05, 3.63) is 0 Å². The summed E-state index contributed by atoms with van der Waals surface area (Å²) in [6.45, 7) is 6.50. The Kier molecular flexibility index (Phi) is 3.77. The van der Waals surface area contributed by atoms with Gasteiger partial charge in [0.05, 0.1) is 0 Å². The minimum atomic E-state index is -0.280. The molecule has 0 bridgehead atoms. The molecule has 0 unspecified atom stereocenters. The molecule has 0 aromatic heterocycles. The van der Waals surface area contributed by atoms with Crippen LogP contribution in [0.25, 0.3) is 0 Å². The van der Waals surface area contributed by atoms with Crippen LogP contribution < -0.4 is 11.1 Å². The number of rotatable bonds is 3. The van der Waals surface area contributed by atoms with Crippen molar-refractivity contribution in [1.29, 1.82) is 0 Å². The first kappa shape index (κ1) is 12.5. The summed E-state index contributed by atoms with van der Waals surface area (Å²) in [7, 11) is 0. The molecule has 0 saturated heterocycles. The molecule has 3 nitrogen and oxygen atoms in total. The first-order valence-electron chi connectivity index (χ1n) is 5.92. The average Bonchev–Trinajstić information content (AvgIpc) is 2.18. The van der Waals surface area contributed by atoms with E-state index in [-0.39, 0.29) is 16.9 Å². The summed E-state index contributed by atoms with van der Waals surface area (Å²) in [6, 6.07) is 0. The molecule has 0 aliphatic heterocycles. The Bertz CT molecular complexity index is 230. The van der Waals surface area contributed by atoms with Crippen LogP contribution >= 0.6 is 0 Å². The molecule has 1 saturated carbocycles. The van der Waals surface area contributed by atoms with Crippen LogP contribution in [0.2, 0.25) is 0 Å². The molecule has 3 N–H and O–H groups in total. The molecule has 0 radical (unpaired) electrons. The normalized spacial score (nSPS) is 21.1. The van der Waals surface area contributed by atoms with Gasteiger partial charge in [-0.15, -0.1) is 0 Å². The number of hydrogen-bond donors (Lipinski definition) is 2. The van der Waals surface area contributed by atoms with Crippen molar-refractivity contribution in [1.82, 2.24) is 5.32 Å². The highest BCUT2D eigenvalue weighted by Gasteiger charge is 2.36. The molecule has 1 aliphatic carbocycles. The number of amides is 1. The van der Waals surface area contributed by atoms with Crippen LogP contribution in [-0.2, 0) is 4.79 Å². The van der Waals surface area contributed by atoms with Gasteiger partial charge in [0.2, 0.25) is 5.91 Å². The maximum Gasteiger partial charge on any atom is 0.226 e. The molecule has 0 atom stereocenters. The summed E-state index contributed by atoms with van der Waals surface area (Å²) in [4.78, 5) is 12.1. The predicted molar refractivity (Wildman–Crippen MR) is 62.5 cm³/mol. The van der Waals surface area contributed by atoms with Crippen LogP contribution in [0.5, 0.6) is 0 Å². The van der Waals surface area contributed by atoms with Gasteiger partial charge in [-0.25, -0.2) is 0 Å². The van der Waals surface area contributed by atoms with E-state index in [2.05, 4.69) is 12.2 Å². The maximum absolute atomic E-state index is 12.1. The van der Waals surface area contributed by atoms with Crippen molar-refractivity contribution in [3.8, 4) is 0 Å². The van der Waals surface area contributed by atoms with Crippen molar-refractivity contribution in [2.75, 3.05) is 6.54 Å². The molecule has 1 amide bonds. The maximum atomic E-state index is 12.1. The second-order valence-corrected chi connectivity index (χ2v) is 5.66. The Morgan fingerprint density at radius 2 is 1.87 bits per heavy atom. The van der Waals surface area contributed by atoms with Gasteiger partial charge in [-0.05, 0) is 26.7 Å². The Balaban J connectivity index is 2.59. The third-order valence-corrected chi connectivity index (χ3v) is 3.47. The van der Waals surface area contributed by atoms with Crippen LogP contribution in [0.3, 0.4) is 0 Å². The lowest BCUT2D eigenvalue weighted by Crippen LogP contribution is -2.53. The summed E-state index contributed by atoms with van der Waals surface area (Å²) >= 11 is 0. The summed E-state index contributed by atoms with van der Waals surface area (Å²) < 4.78 is 0. The largest absolute Gasteiger partial charge is 0.349 e. The topological polar surface area (TPSA) is 55.1 Å². The van der Waals surface area contributed by atoms with E-state index in [0.717, 1.165) is 12.8 Å². The van der Waals surface area contributed by atoms with Crippen LogP contribution in [0.15, 0.2) is 0 Å². The van der Waals surface area contributed by atoms with Gasteiger partial charge < -0.3 is 11.1 Å². The van der Waals surface area contributed by atoms with Crippen LogP contribution in [0, 0.1) is 5.41 Å². The highest BCUT2D eigenvalue weighted by molar-refractivity contribution is 5.82. The number of hydrogen-bond acceptors (Lipinski definition) is 2. The van der Waals surface area contributed by atoms with Crippen LogP contribution in [0.1, 0.15) is 52.9 Å². The first-order valence-corrected chi connectivity index (χ1v) is 5.92. The second-order valence-electron chi connectivity index (χ2n) is 5.66. The van der Waals surface area contributed by atoms with Crippen LogP contribution in [0.4, 0.5) is 0 Å². The molecule has 0 aromatic carbocycles. The van der Waals surface area contributed by atoms with Gasteiger partial charge in [0.1, 0.15) is 0 Å². The van der Waals surface area contributed by atoms with Crippen molar-refractivity contribution < 1.29 is 4.79 Å². The lowest BCUT2D eigenvalue weighted by Gasteiger charge is -2.36. The van der Waals surface area contributed by atoms with Gasteiger partial charge in [-0.2, -0.15) is 0 Å². The fraction of sp³-hybridized carbons (Fsp3) is 0.917. The van der Waals surface area contributed by atoms with Gasteiger partial charge >= 0.3 is 0 Å². The molecular formula is C12H24N2O. The number of carbonyl (C=O) groups excluding carboxylic acids is 1. The standard InChI is InChI=1S/C12H24N2O/c1-11(2,9-13)14-10(15)12(3)7-5-4-6-8-12/h4-9,13H2,1-3H3,(H,14,15). The predicted octanol–water partition coefficient (Wildman–Crippen LogP) is 1.81. The van der Waals surface area contributed by atoms with E-state index in [1.54, 1.807) is 0 Å². The highest BCUT2D eigenvalue weighted by Crippen LogP contribution is 2.36. The van der Waals surface area contributed by atoms with Crippen molar-refractivity contribution in [3.63, 3.8) is 0 Å². The van der Waals surface area contributed by atoms with Gasteiger partial charge in [0, 0.05) is 17.5 Å². The quantitative estimate of drug-likeness (QED) is 0.749. The number of carbonyl (C=O) groups is 1. The van der Waals surface area contributed by atoms with Gasteiger partial charge in [0.15, 0.2) is 0 Å². The Labute approximate surface area is 92.8 Å². The molecule has 15 heavy (non-hydrogen) atoms. The van der Waals surface area contributed by atoms with E-state index in [4.69, 9.17) is 5.73 Å². The molecule has 3 heteroatoms. The SMILES string of the molecule is CC(C)(CN)NC(=O)C1(C)CCCCC1. The minimum absolute atomic E-state index is 0.162. The zero-order valence-corrected chi connectivity index (χ0v) is 10.2. The summed E-state index contributed by atoms with van der Waals surface area (Å²) in [6.07, 6.45) is 5.64. The average molecular weight is 212 g/mol. The minimum Gasteiger partial charge on any atom is -0.349 e. The molecular weight excluding hydrogens is 188 g/mol. The molecule has 0 aromatic rings. The number of nitrogens with one attached hydrogen (secondary N) is 1. The van der Waals surface area contributed by atoms with Crippen molar-refractivity contribution in [2.24, 2.45) is 11.1 Å². The second kappa shape index (κ2) is 4.52. The third-order valence-electron chi connectivity index (χ3n) is 3.47. The Morgan fingerprint density at radius 3 is 2.33 bits per heavy atom. The van der Waals surface area contributed by atoms with Crippen LogP contribution in [-0.4, -0.2) is 18.0 Å².